The molecule has 2 aromatic heterocycles. The van der Waals surface area contributed by atoms with Gasteiger partial charge in [-0.05, 0) is 31.1 Å². The fraction of sp³-hybridized carbons (Fsp3) is 0.500. The molecule has 2 rings (SSSR count). The van der Waals surface area contributed by atoms with Crippen LogP contribution < -0.4 is 0 Å². The van der Waals surface area contributed by atoms with Crippen molar-refractivity contribution in [2.45, 2.75) is 39.2 Å². The summed E-state index contributed by atoms with van der Waals surface area (Å²) in [7, 11) is 0. The Kier molecular flexibility index (Phi) is 3.84. The Balaban J connectivity index is 2.59. The minimum Gasteiger partial charge on any atom is -0.329 e. The summed E-state index contributed by atoms with van der Waals surface area (Å²) >= 11 is 11.3. The second kappa shape index (κ2) is 5.19. The Morgan fingerprint density at radius 2 is 2.29 bits per heavy atom. The van der Waals surface area contributed by atoms with Crippen LogP contribution >= 0.6 is 23.8 Å². The third kappa shape index (κ3) is 2.38. The molecule has 0 amide bonds. The summed E-state index contributed by atoms with van der Waals surface area (Å²) in [4.78, 5) is 7.56. The van der Waals surface area contributed by atoms with Crippen molar-refractivity contribution in [2.75, 3.05) is 0 Å². The van der Waals surface area contributed by atoms with Gasteiger partial charge in [-0.1, -0.05) is 31.9 Å². The summed E-state index contributed by atoms with van der Waals surface area (Å²) in [6, 6.07) is 2.28. The van der Waals surface area contributed by atoms with E-state index in [-0.39, 0.29) is 0 Å². The van der Waals surface area contributed by atoms with Gasteiger partial charge in [-0.25, -0.2) is 4.98 Å². The van der Waals surface area contributed by atoms with Crippen LogP contribution in [0.5, 0.6) is 0 Å². The van der Waals surface area contributed by atoms with E-state index >= 15 is 0 Å². The standard InChI is InChI=1S/C12H16ClN3S/c1-3-5-9(4-2)16-11-10(15-12(16)17)6-8(13)7-14-11/h6-7,9H,3-5H2,1-2H3,(H,15,17). The predicted octanol–water partition coefficient (Wildman–Crippen LogP) is 4.50. The highest BCUT2D eigenvalue weighted by Crippen LogP contribution is 2.24. The van der Waals surface area contributed by atoms with Crippen LogP contribution in [0, 0.1) is 4.77 Å². The molecule has 5 heteroatoms. The molecule has 17 heavy (non-hydrogen) atoms. The topological polar surface area (TPSA) is 33.6 Å². The van der Waals surface area contributed by atoms with Crippen molar-refractivity contribution in [3.8, 4) is 0 Å². The van der Waals surface area contributed by atoms with Crippen LogP contribution in [0.3, 0.4) is 0 Å². The number of H-pyrrole nitrogens is 1. The number of nitrogens with one attached hydrogen (secondary N) is 1. The molecule has 92 valence electrons. The summed E-state index contributed by atoms with van der Waals surface area (Å²) < 4.78 is 2.85. The Hall–Kier alpha value is -0.870. The number of nitrogens with zero attached hydrogens (tertiary/aromatic N) is 2. The van der Waals surface area contributed by atoms with Crippen LogP contribution in [0.1, 0.15) is 39.2 Å². The number of halogens is 1. The van der Waals surface area contributed by atoms with Crippen LogP contribution in [0.15, 0.2) is 12.3 Å². The Morgan fingerprint density at radius 3 is 2.94 bits per heavy atom. The molecule has 1 unspecified atom stereocenters. The number of hydrogen-bond donors (Lipinski definition) is 1. The van der Waals surface area contributed by atoms with E-state index in [1.54, 1.807) is 6.20 Å². The molecule has 0 aromatic carbocycles. The summed E-state index contributed by atoms with van der Waals surface area (Å²) in [5, 5.41) is 0.629. The van der Waals surface area contributed by atoms with Crippen molar-refractivity contribution < 1.29 is 0 Å². The van der Waals surface area contributed by atoms with Gasteiger partial charge in [0, 0.05) is 12.2 Å². The number of aromatic nitrogens is 3. The molecule has 2 aromatic rings. The van der Waals surface area contributed by atoms with Crippen LogP contribution in [-0.4, -0.2) is 14.5 Å². The van der Waals surface area contributed by atoms with Gasteiger partial charge < -0.3 is 4.98 Å². The van der Waals surface area contributed by atoms with Crippen molar-refractivity contribution in [2.24, 2.45) is 0 Å². The lowest BCUT2D eigenvalue weighted by Crippen LogP contribution is -2.08. The van der Waals surface area contributed by atoms with Gasteiger partial charge in [-0.3, -0.25) is 4.57 Å². The zero-order valence-corrected chi connectivity index (χ0v) is 11.6. The molecule has 0 aliphatic heterocycles. The Bertz CT molecular complexity index is 573. The molecule has 2 heterocycles. The average Bonchev–Trinajstić information content (AvgIpc) is 2.61. The highest BCUT2D eigenvalue weighted by Gasteiger charge is 2.14. The molecule has 0 saturated heterocycles. The van der Waals surface area contributed by atoms with Gasteiger partial charge in [0.15, 0.2) is 10.4 Å². The van der Waals surface area contributed by atoms with Crippen molar-refractivity contribution in [3.05, 3.63) is 22.1 Å². The van der Waals surface area contributed by atoms with E-state index in [0.29, 0.717) is 11.1 Å². The van der Waals surface area contributed by atoms with Crippen molar-refractivity contribution in [1.82, 2.24) is 14.5 Å². The first-order valence-corrected chi connectivity index (χ1v) is 6.71. The Labute approximate surface area is 111 Å². The molecular weight excluding hydrogens is 254 g/mol. The second-order valence-corrected chi connectivity index (χ2v) is 5.00. The van der Waals surface area contributed by atoms with Crippen molar-refractivity contribution in [3.63, 3.8) is 0 Å². The van der Waals surface area contributed by atoms with E-state index in [9.17, 15) is 0 Å². The van der Waals surface area contributed by atoms with Crippen LogP contribution in [0.4, 0.5) is 0 Å². The summed E-state index contributed by atoms with van der Waals surface area (Å²) in [5.41, 5.74) is 1.82. The first-order chi connectivity index (χ1) is 8.17. The van der Waals surface area contributed by atoms with Crippen molar-refractivity contribution in [1.29, 1.82) is 0 Å². The predicted molar refractivity (Wildman–Crippen MR) is 74.2 cm³/mol. The number of fused-ring (bicyclic) bond motifs is 1. The molecule has 1 N–H and O–H groups in total. The lowest BCUT2D eigenvalue weighted by molar-refractivity contribution is 0.451. The van der Waals surface area contributed by atoms with Crippen LogP contribution in [0.25, 0.3) is 11.2 Å². The first kappa shape index (κ1) is 12.6. The van der Waals surface area contributed by atoms with E-state index in [0.717, 1.165) is 35.2 Å². The zero-order chi connectivity index (χ0) is 12.4. The molecule has 0 aliphatic carbocycles. The smallest absolute Gasteiger partial charge is 0.179 e. The highest BCUT2D eigenvalue weighted by molar-refractivity contribution is 7.71. The third-order valence-electron chi connectivity index (χ3n) is 2.98. The third-order valence-corrected chi connectivity index (χ3v) is 3.49. The lowest BCUT2D eigenvalue weighted by Gasteiger charge is -2.16. The van der Waals surface area contributed by atoms with Gasteiger partial charge in [0.2, 0.25) is 0 Å². The quantitative estimate of drug-likeness (QED) is 0.829. The van der Waals surface area contributed by atoms with Gasteiger partial charge >= 0.3 is 0 Å². The maximum atomic E-state index is 5.93. The number of rotatable bonds is 4. The van der Waals surface area contributed by atoms with E-state index in [2.05, 4.69) is 28.4 Å². The fourth-order valence-electron chi connectivity index (χ4n) is 2.18. The lowest BCUT2D eigenvalue weighted by atomic mass is 10.1. The van der Waals surface area contributed by atoms with E-state index < -0.39 is 0 Å². The van der Waals surface area contributed by atoms with Gasteiger partial charge in [-0.2, -0.15) is 0 Å². The van der Waals surface area contributed by atoms with Crippen LogP contribution in [-0.2, 0) is 0 Å². The molecule has 3 nitrogen and oxygen atoms in total. The summed E-state index contributed by atoms with van der Waals surface area (Å²) in [6.45, 7) is 4.36. The molecule has 0 fully saturated rings. The maximum absolute atomic E-state index is 5.93. The molecule has 0 spiro atoms. The summed E-state index contributed by atoms with van der Waals surface area (Å²) in [5.74, 6) is 0. The van der Waals surface area contributed by atoms with Gasteiger partial charge in [0.25, 0.3) is 0 Å². The van der Waals surface area contributed by atoms with E-state index in [4.69, 9.17) is 23.8 Å². The zero-order valence-electron chi connectivity index (χ0n) is 10.0. The number of imidazole rings is 1. The molecular formula is C12H16ClN3S. The average molecular weight is 270 g/mol. The number of aromatic amines is 1. The van der Waals surface area contributed by atoms with Gasteiger partial charge in [-0.15, -0.1) is 0 Å². The number of hydrogen-bond acceptors (Lipinski definition) is 2. The molecule has 0 saturated carbocycles. The molecule has 0 bridgehead atoms. The second-order valence-electron chi connectivity index (χ2n) is 4.18. The molecule has 1 atom stereocenters. The molecule has 0 aliphatic rings. The monoisotopic (exact) mass is 269 g/mol. The largest absolute Gasteiger partial charge is 0.329 e. The minimum atomic E-state index is 0.412. The maximum Gasteiger partial charge on any atom is 0.179 e. The van der Waals surface area contributed by atoms with Gasteiger partial charge in [0.05, 0.1) is 10.5 Å². The Morgan fingerprint density at radius 1 is 1.53 bits per heavy atom. The SMILES string of the molecule is CCCC(CC)n1c(=S)[nH]c2cc(Cl)cnc21. The highest BCUT2D eigenvalue weighted by atomic mass is 35.5. The fourth-order valence-corrected chi connectivity index (χ4v) is 2.68. The first-order valence-electron chi connectivity index (χ1n) is 5.93. The van der Waals surface area contributed by atoms with E-state index in [1.807, 2.05) is 6.07 Å². The normalized spacial score (nSPS) is 13.1. The number of pyridine rings is 1. The minimum absolute atomic E-state index is 0.412. The van der Waals surface area contributed by atoms with Crippen molar-refractivity contribution >= 4 is 35.0 Å². The van der Waals surface area contributed by atoms with Gasteiger partial charge in [0.1, 0.15) is 0 Å². The van der Waals surface area contributed by atoms with E-state index in [1.165, 1.54) is 0 Å². The summed E-state index contributed by atoms with van der Waals surface area (Å²) in [6.07, 6.45) is 4.98. The molecule has 0 radical (unpaired) electrons. The van der Waals surface area contributed by atoms with Crippen LogP contribution in [0.2, 0.25) is 5.02 Å².